The fourth-order valence-electron chi connectivity index (χ4n) is 3.23. The summed E-state index contributed by atoms with van der Waals surface area (Å²) in [5.74, 6) is 0.933. The monoisotopic (exact) mass is 381 g/mol. The summed E-state index contributed by atoms with van der Waals surface area (Å²) >= 11 is 0. The number of amides is 2. The van der Waals surface area contributed by atoms with Crippen molar-refractivity contribution < 1.29 is 9.90 Å². The Labute approximate surface area is 165 Å². The van der Waals surface area contributed by atoms with Crippen molar-refractivity contribution in [2.24, 2.45) is 5.92 Å². The van der Waals surface area contributed by atoms with Crippen molar-refractivity contribution in [2.45, 2.75) is 38.8 Å². The number of nitrogens with zero attached hydrogens (tertiary/aromatic N) is 1. The van der Waals surface area contributed by atoms with Crippen LogP contribution in [0.3, 0.4) is 0 Å². The molecule has 5 N–H and O–H groups in total. The standard InChI is InChI=1S/C21H27N5O2/c1-14(16-8-3-2-4-9-16)24-21(28)26-19-10-17(11-22)20(18(13-27)25-19)23-12-15-6-5-7-15/h2-4,8-11,14-15,22-23,27H,5-7,12-13H2,1H3,(H2,24,25,26,28)/t14-/m1/s1. The highest BCUT2D eigenvalue weighted by Crippen LogP contribution is 2.28. The zero-order chi connectivity index (χ0) is 19.9. The molecule has 0 spiro atoms. The van der Waals surface area contributed by atoms with Gasteiger partial charge < -0.3 is 21.1 Å². The van der Waals surface area contributed by atoms with E-state index in [1.165, 1.54) is 25.5 Å². The summed E-state index contributed by atoms with van der Waals surface area (Å²) in [6.45, 7) is 2.43. The van der Waals surface area contributed by atoms with Crippen molar-refractivity contribution in [3.8, 4) is 0 Å². The molecule has 0 radical (unpaired) electrons. The first-order valence-corrected chi connectivity index (χ1v) is 9.62. The van der Waals surface area contributed by atoms with E-state index < -0.39 is 0 Å². The molecule has 1 aromatic heterocycles. The van der Waals surface area contributed by atoms with Gasteiger partial charge in [-0.05, 0) is 37.3 Å². The van der Waals surface area contributed by atoms with E-state index in [1.54, 1.807) is 6.07 Å². The van der Waals surface area contributed by atoms with Gasteiger partial charge in [0.25, 0.3) is 0 Å². The molecule has 1 heterocycles. The minimum Gasteiger partial charge on any atom is -0.390 e. The fourth-order valence-corrected chi connectivity index (χ4v) is 3.23. The molecule has 1 aromatic carbocycles. The maximum atomic E-state index is 12.3. The van der Waals surface area contributed by atoms with E-state index >= 15 is 0 Å². The lowest BCUT2D eigenvalue weighted by Gasteiger charge is -2.26. The van der Waals surface area contributed by atoms with Crippen LogP contribution in [0.1, 0.15) is 49.0 Å². The van der Waals surface area contributed by atoms with Gasteiger partial charge >= 0.3 is 6.03 Å². The van der Waals surface area contributed by atoms with E-state index in [0.29, 0.717) is 28.7 Å². The maximum Gasteiger partial charge on any atom is 0.320 e. The van der Waals surface area contributed by atoms with Crippen LogP contribution in [0.4, 0.5) is 16.3 Å². The highest BCUT2D eigenvalue weighted by molar-refractivity contribution is 5.92. The summed E-state index contributed by atoms with van der Waals surface area (Å²) in [5.41, 5.74) is 2.67. The van der Waals surface area contributed by atoms with Gasteiger partial charge in [-0.3, -0.25) is 5.32 Å². The molecule has 1 saturated carbocycles. The van der Waals surface area contributed by atoms with Gasteiger partial charge in [0.1, 0.15) is 5.82 Å². The third-order valence-electron chi connectivity index (χ3n) is 5.11. The number of hydrogen-bond donors (Lipinski definition) is 5. The Morgan fingerprint density at radius 2 is 2.11 bits per heavy atom. The van der Waals surface area contributed by atoms with Crippen LogP contribution in [-0.2, 0) is 6.61 Å². The van der Waals surface area contributed by atoms with Gasteiger partial charge in [-0.2, -0.15) is 0 Å². The Hall–Kier alpha value is -2.93. The summed E-state index contributed by atoms with van der Waals surface area (Å²) in [4.78, 5) is 16.7. The molecular weight excluding hydrogens is 354 g/mol. The molecule has 0 aliphatic heterocycles. The number of hydrogen-bond acceptors (Lipinski definition) is 5. The number of rotatable bonds is 8. The molecule has 148 valence electrons. The van der Waals surface area contributed by atoms with Gasteiger partial charge in [-0.15, -0.1) is 0 Å². The van der Waals surface area contributed by atoms with Crippen LogP contribution in [0, 0.1) is 11.3 Å². The minimum atomic E-state index is -0.390. The van der Waals surface area contributed by atoms with Crippen LogP contribution in [0.15, 0.2) is 36.4 Å². The van der Waals surface area contributed by atoms with Crippen molar-refractivity contribution in [1.29, 1.82) is 5.41 Å². The SMILES string of the molecule is C[C@@H](NC(=O)Nc1cc(C=N)c(NCC2CCC2)c(CO)n1)c1ccccc1. The molecule has 28 heavy (non-hydrogen) atoms. The molecule has 0 bridgehead atoms. The molecule has 7 heteroatoms. The van der Waals surface area contributed by atoms with E-state index in [9.17, 15) is 9.90 Å². The lowest BCUT2D eigenvalue weighted by atomic mass is 9.85. The minimum absolute atomic E-state index is 0.163. The van der Waals surface area contributed by atoms with Crippen molar-refractivity contribution in [1.82, 2.24) is 10.3 Å². The number of anilines is 2. The van der Waals surface area contributed by atoms with Crippen LogP contribution in [0.5, 0.6) is 0 Å². The average molecular weight is 381 g/mol. The molecule has 7 nitrogen and oxygen atoms in total. The summed E-state index contributed by atoms with van der Waals surface area (Å²) in [7, 11) is 0. The first-order chi connectivity index (χ1) is 13.6. The number of urea groups is 1. The van der Waals surface area contributed by atoms with Crippen molar-refractivity contribution >= 4 is 23.8 Å². The summed E-state index contributed by atoms with van der Waals surface area (Å²) < 4.78 is 0. The second-order valence-electron chi connectivity index (χ2n) is 7.13. The lowest BCUT2D eigenvalue weighted by molar-refractivity contribution is 0.249. The van der Waals surface area contributed by atoms with Crippen molar-refractivity contribution in [3.63, 3.8) is 0 Å². The Morgan fingerprint density at radius 1 is 1.36 bits per heavy atom. The first-order valence-electron chi connectivity index (χ1n) is 9.62. The van der Waals surface area contributed by atoms with Crippen molar-refractivity contribution in [2.75, 3.05) is 17.2 Å². The Balaban J connectivity index is 1.68. The molecule has 0 saturated heterocycles. The molecular formula is C21H27N5O2. The van der Waals surface area contributed by atoms with Gasteiger partial charge in [0, 0.05) is 18.3 Å². The van der Waals surface area contributed by atoms with Gasteiger partial charge in [-0.25, -0.2) is 9.78 Å². The van der Waals surface area contributed by atoms with Crippen LogP contribution in [-0.4, -0.2) is 28.9 Å². The third-order valence-corrected chi connectivity index (χ3v) is 5.11. The van der Waals surface area contributed by atoms with E-state index in [4.69, 9.17) is 5.41 Å². The number of aliphatic hydroxyl groups is 1. The number of carbonyl (C=O) groups is 1. The summed E-state index contributed by atoms with van der Waals surface area (Å²) in [5, 5.41) is 26.3. The third kappa shape index (κ3) is 4.86. The number of pyridine rings is 1. The predicted molar refractivity (Wildman–Crippen MR) is 111 cm³/mol. The van der Waals surface area contributed by atoms with Crippen molar-refractivity contribution in [3.05, 3.63) is 53.2 Å². The Morgan fingerprint density at radius 3 is 2.71 bits per heavy atom. The zero-order valence-electron chi connectivity index (χ0n) is 16.0. The van der Waals surface area contributed by atoms with Gasteiger partial charge in [0.15, 0.2) is 0 Å². The number of aliphatic hydroxyl groups excluding tert-OH is 1. The predicted octanol–water partition coefficient (Wildman–Crippen LogP) is 3.67. The number of aromatic nitrogens is 1. The van der Waals surface area contributed by atoms with Crippen LogP contribution in [0.2, 0.25) is 0 Å². The lowest BCUT2D eigenvalue weighted by Crippen LogP contribution is -2.31. The summed E-state index contributed by atoms with van der Waals surface area (Å²) in [6, 6.07) is 10.8. The molecule has 1 aliphatic rings. The zero-order valence-corrected chi connectivity index (χ0v) is 16.0. The number of carbonyl (C=O) groups excluding carboxylic acids is 1. The van der Waals surface area contributed by atoms with Gasteiger partial charge in [0.05, 0.1) is 24.0 Å². The maximum absolute atomic E-state index is 12.3. The van der Waals surface area contributed by atoms with E-state index in [1.807, 2.05) is 37.3 Å². The summed E-state index contributed by atoms with van der Waals surface area (Å²) in [6.07, 6.45) is 4.87. The number of nitrogens with one attached hydrogen (secondary N) is 4. The topological polar surface area (TPSA) is 110 Å². The largest absolute Gasteiger partial charge is 0.390 e. The molecule has 2 amide bonds. The molecule has 1 atom stereocenters. The molecule has 0 unspecified atom stereocenters. The average Bonchev–Trinajstić information content (AvgIpc) is 2.67. The van der Waals surface area contributed by atoms with E-state index in [2.05, 4.69) is 20.9 Å². The van der Waals surface area contributed by atoms with Crippen LogP contribution < -0.4 is 16.0 Å². The quantitative estimate of drug-likeness (QED) is 0.449. The number of benzene rings is 1. The second-order valence-corrected chi connectivity index (χ2v) is 7.13. The molecule has 3 rings (SSSR count). The smallest absolute Gasteiger partial charge is 0.320 e. The highest BCUT2D eigenvalue weighted by Gasteiger charge is 2.19. The normalized spacial score (nSPS) is 14.6. The Bertz CT molecular complexity index is 821. The second kappa shape index (κ2) is 9.32. The fraction of sp³-hybridized carbons (Fsp3) is 0.381. The highest BCUT2D eigenvalue weighted by atomic mass is 16.3. The van der Waals surface area contributed by atoms with E-state index in [0.717, 1.165) is 12.1 Å². The first kappa shape index (κ1) is 19.8. The van der Waals surface area contributed by atoms with Gasteiger partial charge in [0.2, 0.25) is 0 Å². The molecule has 2 aromatic rings. The molecule has 1 aliphatic carbocycles. The van der Waals surface area contributed by atoms with E-state index in [-0.39, 0.29) is 18.7 Å². The van der Waals surface area contributed by atoms with Crippen LogP contribution >= 0.6 is 0 Å². The molecule has 1 fully saturated rings. The Kier molecular flexibility index (Phi) is 6.60. The van der Waals surface area contributed by atoms with Gasteiger partial charge in [-0.1, -0.05) is 36.8 Å². The van der Waals surface area contributed by atoms with Crippen LogP contribution in [0.25, 0.3) is 0 Å².